The van der Waals surface area contributed by atoms with Gasteiger partial charge in [-0.25, -0.2) is 0 Å². The van der Waals surface area contributed by atoms with Gasteiger partial charge in [0.05, 0.1) is 16.8 Å². The molecule has 0 atom stereocenters. The van der Waals surface area contributed by atoms with Crippen LogP contribution in [0.1, 0.15) is 33.3 Å². The monoisotopic (exact) mass is 364 g/mol. The molecule has 0 radical (unpaired) electrons. The fourth-order valence-electron chi connectivity index (χ4n) is 2.59. The molecule has 3 rings (SSSR count). The van der Waals surface area contributed by atoms with Crippen LogP contribution in [0.2, 0.25) is 0 Å². The van der Waals surface area contributed by atoms with Crippen LogP contribution in [0.5, 0.6) is 11.5 Å². The van der Waals surface area contributed by atoms with Gasteiger partial charge in [-0.1, -0.05) is 24.3 Å². The lowest BCUT2D eigenvalue weighted by atomic mass is 9.79. The summed E-state index contributed by atoms with van der Waals surface area (Å²) < 4.78 is 56.5. The number of para-hydroxylation sites is 1. The van der Waals surface area contributed by atoms with Gasteiger partial charge in [0.15, 0.2) is 0 Å². The minimum atomic E-state index is -4.47. The summed E-state index contributed by atoms with van der Waals surface area (Å²) in [7, 11) is -0.531. The van der Waals surface area contributed by atoms with Crippen molar-refractivity contribution in [3.63, 3.8) is 0 Å². The molecule has 26 heavy (non-hydrogen) atoms. The molecular formula is C19H20BF3O3. The maximum absolute atomic E-state index is 13.1. The second-order valence-corrected chi connectivity index (χ2v) is 7.25. The largest absolute Gasteiger partial charge is 0.494 e. The van der Waals surface area contributed by atoms with Crippen molar-refractivity contribution in [1.29, 1.82) is 0 Å². The Bertz CT molecular complexity index is 769. The zero-order valence-corrected chi connectivity index (χ0v) is 15.1. The summed E-state index contributed by atoms with van der Waals surface area (Å²) in [5.41, 5.74) is -0.952. The number of benzene rings is 2. The van der Waals surface area contributed by atoms with Crippen molar-refractivity contribution in [2.45, 2.75) is 45.1 Å². The minimum Gasteiger partial charge on any atom is -0.457 e. The van der Waals surface area contributed by atoms with Crippen molar-refractivity contribution in [2.24, 2.45) is 0 Å². The Morgan fingerprint density at radius 1 is 0.846 bits per heavy atom. The normalized spacial score (nSPS) is 18.8. The van der Waals surface area contributed by atoms with Crippen LogP contribution >= 0.6 is 0 Å². The Morgan fingerprint density at radius 3 is 1.92 bits per heavy atom. The number of alkyl halides is 3. The molecule has 0 amide bonds. The van der Waals surface area contributed by atoms with Crippen LogP contribution in [-0.4, -0.2) is 18.3 Å². The molecule has 1 aliphatic rings. The maximum Gasteiger partial charge on any atom is 0.494 e. The van der Waals surface area contributed by atoms with E-state index in [-0.39, 0.29) is 5.75 Å². The Kier molecular flexibility index (Phi) is 4.57. The SMILES string of the molecule is CC1(C)OB(c2ccc(Oc3ccccc3C(F)(F)F)cc2)OC1(C)C. The van der Waals surface area contributed by atoms with Crippen LogP contribution in [0.4, 0.5) is 13.2 Å². The molecular weight excluding hydrogens is 344 g/mol. The molecule has 0 spiro atoms. The van der Waals surface area contributed by atoms with Crippen LogP contribution in [0.3, 0.4) is 0 Å². The Labute approximate surface area is 151 Å². The molecule has 1 heterocycles. The highest BCUT2D eigenvalue weighted by Gasteiger charge is 2.51. The van der Waals surface area contributed by atoms with Gasteiger partial charge < -0.3 is 14.0 Å². The minimum absolute atomic E-state index is 0.233. The summed E-state index contributed by atoms with van der Waals surface area (Å²) in [6.45, 7) is 7.83. The third-order valence-corrected chi connectivity index (χ3v) is 4.83. The Balaban J connectivity index is 1.78. The lowest BCUT2D eigenvalue weighted by Gasteiger charge is -2.32. The third-order valence-electron chi connectivity index (χ3n) is 4.83. The van der Waals surface area contributed by atoms with Crippen LogP contribution in [0.25, 0.3) is 0 Å². The van der Waals surface area contributed by atoms with E-state index in [4.69, 9.17) is 14.0 Å². The topological polar surface area (TPSA) is 27.7 Å². The molecule has 0 N–H and O–H groups in total. The van der Waals surface area contributed by atoms with Crippen LogP contribution in [0.15, 0.2) is 48.5 Å². The smallest absolute Gasteiger partial charge is 0.457 e. The second kappa shape index (κ2) is 6.32. The van der Waals surface area contributed by atoms with E-state index in [1.165, 1.54) is 18.2 Å². The molecule has 0 bridgehead atoms. The van der Waals surface area contributed by atoms with Crippen molar-refractivity contribution in [3.8, 4) is 11.5 Å². The molecule has 2 aromatic rings. The second-order valence-electron chi connectivity index (χ2n) is 7.25. The molecule has 7 heteroatoms. The van der Waals surface area contributed by atoms with Gasteiger partial charge in [-0.3, -0.25) is 0 Å². The standard InChI is InChI=1S/C19H20BF3O3/c1-17(2)18(3,4)26-20(25-17)13-9-11-14(12-10-13)24-16-8-6-5-7-15(16)19(21,22)23/h5-12H,1-4H3. The summed E-state index contributed by atoms with van der Waals surface area (Å²) >= 11 is 0. The van der Waals surface area contributed by atoms with Crippen molar-refractivity contribution in [2.75, 3.05) is 0 Å². The summed E-state index contributed by atoms with van der Waals surface area (Å²) in [6, 6.07) is 11.8. The molecule has 0 aromatic heterocycles. The first-order valence-corrected chi connectivity index (χ1v) is 8.29. The molecule has 138 valence electrons. The molecule has 2 aromatic carbocycles. The van der Waals surface area contributed by atoms with E-state index in [2.05, 4.69) is 0 Å². The summed E-state index contributed by atoms with van der Waals surface area (Å²) in [5, 5.41) is 0. The molecule has 3 nitrogen and oxygen atoms in total. The van der Waals surface area contributed by atoms with Gasteiger partial charge in [0.25, 0.3) is 0 Å². The van der Waals surface area contributed by atoms with E-state index in [0.717, 1.165) is 11.5 Å². The zero-order valence-electron chi connectivity index (χ0n) is 15.1. The number of ether oxygens (including phenoxy) is 1. The molecule has 1 aliphatic heterocycles. The average molecular weight is 364 g/mol. The van der Waals surface area contributed by atoms with E-state index >= 15 is 0 Å². The van der Waals surface area contributed by atoms with Crippen molar-refractivity contribution < 1.29 is 27.2 Å². The Hall–Kier alpha value is -1.99. The maximum atomic E-state index is 13.1. The van der Waals surface area contributed by atoms with Gasteiger partial charge in [0.1, 0.15) is 11.5 Å². The van der Waals surface area contributed by atoms with E-state index in [1.54, 1.807) is 24.3 Å². The Morgan fingerprint density at radius 2 is 1.38 bits per heavy atom. The first-order valence-electron chi connectivity index (χ1n) is 8.29. The molecule has 1 fully saturated rings. The van der Waals surface area contributed by atoms with Crippen LogP contribution in [-0.2, 0) is 15.5 Å². The van der Waals surface area contributed by atoms with Gasteiger partial charge in [0, 0.05) is 0 Å². The van der Waals surface area contributed by atoms with E-state index in [1.807, 2.05) is 27.7 Å². The van der Waals surface area contributed by atoms with Crippen molar-refractivity contribution in [1.82, 2.24) is 0 Å². The summed E-state index contributed by atoms with van der Waals surface area (Å²) in [4.78, 5) is 0. The molecule has 1 saturated heterocycles. The zero-order chi connectivity index (χ0) is 19.2. The molecule has 0 unspecified atom stereocenters. The molecule has 0 saturated carbocycles. The quantitative estimate of drug-likeness (QED) is 0.733. The number of rotatable bonds is 3. The average Bonchev–Trinajstić information content (AvgIpc) is 2.75. The number of halogens is 3. The van der Waals surface area contributed by atoms with Crippen LogP contribution < -0.4 is 10.2 Å². The lowest BCUT2D eigenvalue weighted by Crippen LogP contribution is -2.41. The van der Waals surface area contributed by atoms with Crippen LogP contribution in [0, 0.1) is 0 Å². The third kappa shape index (κ3) is 3.59. The molecule has 0 aliphatic carbocycles. The van der Waals surface area contributed by atoms with E-state index in [9.17, 15) is 13.2 Å². The van der Waals surface area contributed by atoms with Crippen molar-refractivity contribution in [3.05, 3.63) is 54.1 Å². The van der Waals surface area contributed by atoms with Crippen molar-refractivity contribution >= 4 is 12.6 Å². The first-order chi connectivity index (χ1) is 12.0. The highest BCUT2D eigenvalue weighted by atomic mass is 19.4. The predicted molar refractivity (Wildman–Crippen MR) is 93.7 cm³/mol. The highest BCUT2D eigenvalue weighted by Crippen LogP contribution is 2.38. The number of hydrogen-bond donors (Lipinski definition) is 0. The summed E-state index contributed by atoms with van der Waals surface area (Å²) in [5.74, 6) is 0.0744. The summed E-state index contributed by atoms with van der Waals surface area (Å²) in [6.07, 6.45) is -4.47. The van der Waals surface area contributed by atoms with Gasteiger partial charge in [0.2, 0.25) is 0 Å². The fourth-order valence-corrected chi connectivity index (χ4v) is 2.59. The lowest BCUT2D eigenvalue weighted by molar-refractivity contribution is -0.138. The highest BCUT2D eigenvalue weighted by molar-refractivity contribution is 6.62. The van der Waals surface area contributed by atoms with Gasteiger partial charge in [-0.15, -0.1) is 0 Å². The predicted octanol–water partition coefficient (Wildman–Crippen LogP) is 4.80. The van der Waals surface area contributed by atoms with E-state index < -0.39 is 30.1 Å². The number of hydrogen-bond acceptors (Lipinski definition) is 3. The van der Waals surface area contributed by atoms with E-state index in [0.29, 0.717) is 5.75 Å². The van der Waals surface area contributed by atoms with Gasteiger partial charge in [-0.2, -0.15) is 13.2 Å². The first kappa shape index (κ1) is 18.8. The van der Waals surface area contributed by atoms with Gasteiger partial charge in [-0.05, 0) is 57.4 Å². The fraction of sp³-hybridized carbons (Fsp3) is 0.368. The van der Waals surface area contributed by atoms with Gasteiger partial charge >= 0.3 is 13.3 Å².